The summed E-state index contributed by atoms with van der Waals surface area (Å²) in [6, 6.07) is 0. The van der Waals surface area contributed by atoms with Crippen LogP contribution in [0.25, 0.3) is 0 Å². The first-order valence-corrected chi connectivity index (χ1v) is 7.67. The number of terminal acetylenes is 1. The molecule has 0 bridgehead atoms. The molecule has 0 N–H and O–H groups in total. The Morgan fingerprint density at radius 3 is 2.22 bits per heavy atom. The topological polar surface area (TPSA) is 65.1 Å². The van der Waals surface area contributed by atoms with Crippen molar-refractivity contribution < 1.29 is 23.8 Å². The first-order chi connectivity index (χ1) is 10.7. The van der Waals surface area contributed by atoms with Gasteiger partial charge in [0.1, 0.15) is 0 Å². The smallest absolute Gasteiger partial charge is 0.324 e. The second-order valence-electron chi connectivity index (χ2n) is 6.45. The van der Waals surface area contributed by atoms with E-state index in [2.05, 4.69) is 19.8 Å². The van der Waals surface area contributed by atoms with Crippen LogP contribution in [0, 0.1) is 17.8 Å². The van der Waals surface area contributed by atoms with Crippen molar-refractivity contribution in [2.45, 2.75) is 58.2 Å². The van der Waals surface area contributed by atoms with Crippen LogP contribution in [0.2, 0.25) is 0 Å². The Morgan fingerprint density at radius 2 is 1.83 bits per heavy atom. The van der Waals surface area contributed by atoms with Gasteiger partial charge < -0.3 is 14.2 Å². The van der Waals surface area contributed by atoms with Gasteiger partial charge in [-0.2, -0.15) is 0 Å². The molecule has 1 atom stereocenters. The number of carbonyl (C=O) groups excluding carboxylic acids is 2. The van der Waals surface area contributed by atoms with Gasteiger partial charge in [0.25, 0.3) is 0 Å². The second-order valence-corrected chi connectivity index (χ2v) is 6.45. The molecule has 1 fully saturated rings. The molecular formula is C18H26O5. The third kappa shape index (κ3) is 4.59. The molecule has 128 valence electrons. The summed E-state index contributed by atoms with van der Waals surface area (Å²) in [6.07, 6.45) is 9.32. The average Bonchev–Trinajstić information content (AvgIpc) is 3.14. The number of hydrogen-bond acceptors (Lipinski definition) is 5. The largest absolute Gasteiger partial charge is 0.468 e. The molecule has 1 heterocycles. The molecule has 0 aliphatic carbocycles. The van der Waals surface area contributed by atoms with Crippen LogP contribution in [-0.4, -0.2) is 37.9 Å². The van der Waals surface area contributed by atoms with Gasteiger partial charge >= 0.3 is 11.9 Å². The fourth-order valence-electron chi connectivity index (χ4n) is 2.58. The summed E-state index contributed by atoms with van der Waals surface area (Å²) in [5.74, 6) is 1.05. The molecule has 23 heavy (non-hydrogen) atoms. The Labute approximate surface area is 138 Å². The predicted molar refractivity (Wildman–Crippen MR) is 86.5 cm³/mol. The SMILES string of the molecule is C#CCC(C/C=C(\C)CCC1OC1(C)C)(C(=O)OC)C(=O)OC. The van der Waals surface area contributed by atoms with Crippen molar-refractivity contribution in [2.75, 3.05) is 14.2 Å². The monoisotopic (exact) mass is 322 g/mol. The fraction of sp³-hybridized carbons (Fsp3) is 0.667. The molecule has 0 saturated carbocycles. The van der Waals surface area contributed by atoms with Crippen molar-refractivity contribution in [1.82, 2.24) is 0 Å². The zero-order valence-electron chi connectivity index (χ0n) is 14.6. The number of epoxide rings is 1. The van der Waals surface area contributed by atoms with E-state index in [4.69, 9.17) is 20.6 Å². The van der Waals surface area contributed by atoms with E-state index >= 15 is 0 Å². The van der Waals surface area contributed by atoms with Crippen molar-refractivity contribution in [3.63, 3.8) is 0 Å². The second kappa shape index (κ2) is 7.65. The van der Waals surface area contributed by atoms with E-state index < -0.39 is 17.4 Å². The van der Waals surface area contributed by atoms with Crippen molar-refractivity contribution in [3.05, 3.63) is 11.6 Å². The summed E-state index contributed by atoms with van der Waals surface area (Å²) >= 11 is 0. The summed E-state index contributed by atoms with van der Waals surface area (Å²) in [4.78, 5) is 24.3. The Kier molecular flexibility index (Phi) is 6.40. The van der Waals surface area contributed by atoms with Crippen LogP contribution < -0.4 is 0 Å². The van der Waals surface area contributed by atoms with Gasteiger partial charge in [-0.15, -0.1) is 12.3 Å². The van der Waals surface area contributed by atoms with Gasteiger partial charge in [-0.3, -0.25) is 9.59 Å². The maximum Gasteiger partial charge on any atom is 0.324 e. The molecule has 5 heteroatoms. The van der Waals surface area contributed by atoms with Gasteiger partial charge in [0.15, 0.2) is 5.41 Å². The molecule has 1 aliphatic heterocycles. The van der Waals surface area contributed by atoms with Crippen molar-refractivity contribution in [3.8, 4) is 12.3 Å². The minimum absolute atomic E-state index is 0.0362. The number of esters is 2. The number of hydrogen-bond donors (Lipinski definition) is 0. The molecule has 1 saturated heterocycles. The van der Waals surface area contributed by atoms with Gasteiger partial charge in [-0.05, 0) is 40.0 Å². The molecule has 0 aromatic carbocycles. The number of allylic oxidation sites excluding steroid dienone is 2. The Bertz CT molecular complexity index is 508. The lowest BCUT2D eigenvalue weighted by atomic mass is 9.80. The highest BCUT2D eigenvalue weighted by Gasteiger charge is 2.48. The zero-order chi connectivity index (χ0) is 17.7. The summed E-state index contributed by atoms with van der Waals surface area (Å²) in [5.41, 5.74) is -0.439. The standard InChI is InChI=1S/C18H26O5/c1-7-11-18(15(19)21-5,16(20)22-6)12-10-13(2)8-9-14-17(3,4)23-14/h1,10,14H,8-9,11-12H2,2-6H3/b13-10+. The van der Waals surface area contributed by atoms with E-state index in [1.165, 1.54) is 14.2 Å². The Balaban J connectivity index is 2.79. The van der Waals surface area contributed by atoms with Gasteiger partial charge in [-0.1, -0.05) is 11.6 Å². The molecule has 1 unspecified atom stereocenters. The summed E-state index contributed by atoms with van der Waals surface area (Å²) in [5, 5.41) is 0. The number of carbonyl (C=O) groups is 2. The molecule has 0 aromatic heterocycles. The number of ether oxygens (including phenoxy) is 3. The highest BCUT2D eigenvalue weighted by molar-refractivity contribution is 6.00. The lowest BCUT2D eigenvalue weighted by Gasteiger charge is -2.25. The highest BCUT2D eigenvalue weighted by atomic mass is 16.6. The van der Waals surface area contributed by atoms with Crippen LogP contribution in [-0.2, 0) is 23.8 Å². The van der Waals surface area contributed by atoms with Crippen molar-refractivity contribution >= 4 is 11.9 Å². The van der Waals surface area contributed by atoms with Crippen LogP contribution in [0.4, 0.5) is 0 Å². The molecule has 5 nitrogen and oxygen atoms in total. The first-order valence-electron chi connectivity index (χ1n) is 7.67. The van der Waals surface area contributed by atoms with E-state index in [0.29, 0.717) is 0 Å². The Morgan fingerprint density at radius 1 is 1.30 bits per heavy atom. The van der Waals surface area contributed by atoms with E-state index in [1.807, 2.05) is 13.0 Å². The normalized spacial score (nSPS) is 19.7. The fourth-order valence-corrected chi connectivity index (χ4v) is 2.58. The lowest BCUT2D eigenvalue weighted by Crippen LogP contribution is -2.40. The average molecular weight is 322 g/mol. The lowest BCUT2D eigenvalue weighted by molar-refractivity contribution is -0.168. The zero-order valence-corrected chi connectivity index (χ0v) is 14.6. The van der Waals surface area contributed by atoms with Gasteiger partial charge in [-0.25, -0.2) is 0 Å². The van der Waals surface area contributed by atoms with Crippen molar-refractivity contribution in [2.24, 2.45) is 5.41 Å². The van der Waals surface area contributed by atoms with E-state index in [1.54, 1.807) is 0 Å². The summed E-state index contributed by atoms with van der Waals surface area (Å²) < 4.78 is 15.1. The first kappa shape index (κ1) is 19.2. The third-order valence-electron chi connectivity index (χ3n) is 4.32. The maximum atomic E-state index is 12.1. The van der Waals surface area contributed by atoms with Crippen LogP contribution in [0.3, 0.4) is 0 Å². The molecular weight excluding hydrogens is 296 g/mol. The third-order valence-corrected chi connectivity index (χ3v) is 4.32. The molecule has 0 amide bonds. The quantitative estimate of drug-likeness (QED) is 0.226. The summed E-state index contributed by atoms with van der Waals surface area (Å²) in [6.45, 7) is 6.08. The van der Waals surface area contributed by atoms with Crippen LogP contribution in [0.15, 0.2) is 11.6 Å². The Hall–Kier alpha value is -1.80. The van der Waals surface area contributed by atoms with Crippen LogP contribution >= 0.6 is 0 Å². The molecule has 1 rings (SSSR count). The van der Waals surface area contributed by atoms with Gasteiger partial charge in [0.2, 0.25) is 0 Å². The highest BCUT2D eigenvalue weighted by Crippen LogP contribution is 2.39. The molecule has 1 aliphatic rings. The predicted octanol–water partition coefficient (Wildman–Crippen LogP) is 2.64. The summed E-state index contributed by atoms with van der Waals surface area (Å²) in [7, 11) is 2.47. The maximum absolute atomic E-state index is 12.1. The number of rotatable bonds is 8. The minimum Gasteiger partial charge on any atom is -0.468 e. The van der Waals surface area contributed by atoms with Crippen LogP contribution in [0.5, 0.6) is 0 Å². The molecule has 0 aromatic rings. The molecule has 0 radical (unpaired) electrons. The number of methoxy groups -OCH3 is 2. The van der Waals surface area contributed by atoms with E-state index in [0.717, 1.165) is 18.4 Å². The van der Waals surface area contributed by atoms with E-state index in [9.17, 15) is 9.59 Å². The van der Waals surface area contributed by atoms with E-state index in [-0.39, 0.29) is 24.5 Å². The molecule has 0 spiro atoms. The van der Waals surface area contributed by atoms with Gasteiger partial charge in [0, 0.05) is 6.42 Å². The van der Waals surface area contributed by atoms with Crippen molar-refractivity contribution in [1.29, 1.82) is 0 Å². The van der Waals surface area contributed by atoms with Gasteiger partial charge in [0.05, 0.1) is 25.9 Å². The minimum atomic E-state index is -1.48. The van der Waals surface area contributed by atoms with Crippen LogP contribution in [0.1, 0.15) is 46.5 Å².